The summed E-state index contributed by atoms with van der Waals surface area (Å²) in [5.74, 6) is 0.938. The standard InChI is InChI=1S/C28H29N3O4/c1-20-8-10-21(11-9-20)19-35-25-13-12-22(14-26(25)34-2)16-29-30-27(32)18-31-17-24(15-28(31)33)23-6-4-3-5-7-23/h3-14,16,24H,15,17-19H2,1-2H3,(H,30,32)/b29-16-/t24-/m0/s1. The average Bonchev–Trinajstić information content (AvgIpc) is 3.24. The minimum absolute atomic E-state index is 0.0192. The van der Waals surface area contributed by atoms with Crippen LogP contribution in [-0.4, -0.2) is 43.1 Å². The van der Waals surface area contributed by atoms with Gasteiger partial charge in [-0.05, 0) is 41.8 Å². The number of nitrogens with one attached hydrogen (secondary N) is 1. The van der Waals surface area contributed by atoms with Crippen LogP contribution >= 0.6 is 0 Å². The predicted octanol–water partition coefficient (Wildman–Crippen LogP) is 4.05. The van der Waals surface area contributed by atoms with Crippen LogP contribution in [0.3, 0.4) is 0 Å². The lowest BCUT2D eigenvalue weighted by atomic mass is 9.99. The number of amides is 2. The number of benzene rings is 3. The zero-order valence-corrected chi connectivity index (χ0v) is 19.9. The normalized spacial score (nSPS) is 15.4. The monoisotopic (exact) mass is 471 g/mol. The van der Waals surface area contributed by atoms with E-state index in [1.165, 1.54) is 11.8 Å². The third kappa shape index (κ3) is 6.47. The summed E-state index contributed by atoms with van der Waals surface area (Å²) in [4.78, 5) is 26.2. The third-order valence-corrected chi connectivity index (χ3v) is 5.93. The molecular weight excluding hydrogens is 442 g/mol. The summed E-state index contributed by atoms with van der Waals surface area (Å²) in [6.45, 7) is 2.99. The SMILES string of the molecule is COc1cc(/C=N\NC(=O)CN2C[C@@H](c3ccccc3)CC2=O)ccc1OCc1ccc(C)cc1. The summed E-state index contributed by atoms with van der Waals surface area (Å²) >= 11 is 0. The van der Waals surface area contributed by atoms with Crippen molar-refractivity contribution in [2.45, 2.75) is 25.9 Å². The van der Waals surface area contributed by atoms with Crippen molar-refractivity contribution in [2.75, 3.05) is 20.2 Å². The second-order valence-corrected chi connectivity index (χ2v) is 8.56. The number of ether oxygens (including phenoxy) is 2. The van der Waals surface area contributed by atoms with Gasteiger partial charge < -0.3 is 14.4 Å². The Hall–Kier alpha value is -4.13. The molecule has 35 heavy (non-hydrogen) atoms. The quantitative estimate of drug-likeness (QED) is 0.377. The Labute approximate surface area is 205 Å². The molecule has 180 valence electrons. The molecule has 1 aliphatic heterocycles. The van der Waals surface area contributed by atoms with Gasteiger partial charge in [-0.15, -0.1) is 0 Å². The summed E-state index contributed by atoms with van der Waals surface area (Å²) in [5.41, 5.74) is 6.62. The molecule has 1 aliphatic rings. The van der Waals surface area contributed by atoms with Gasteiger partial charge >= 0.3 is 0 Å². The van der Waals surface area contributed by atoms with Crippen molar-refractivity contribution < 1.29 is 19.1 Å². The van der Waals surface area contributed by atoms with Gasteiger partial charge in [0.05, 0.1) is 13.3 Å². The Morgan fingerprint density at radius 3 is 2.60 bits per heavy atom. The van der Waals surface area contributed by atoms with Crippen molar-refractivity contribution >= 4 is 18.0 Å². The first-order chi connectivity index (χ1) is 17.0. The highest BCUT2D eigenvalue weighted by Gasteiger charge is 2.31. The van der Waals surface area contributed by atoms with E-state index >= 15 is 0 Å². The van der Waals surface area contributed by atoms with E-state index < -0.39 is 0 Å². The highest BCUT2D eigenvalue weighted by atomic mass is 16.5. The van der Waals surface area contributed by atoms with E-state index in [4.69, 9.17) is 9.47 Å². The van der Waals surface area contributed by atoms with E-state index in [0.717, 1.165) is 16.7 Å². The minimum Gasteiger partial charge on any atom is -0.493 e. The minimum atomic E-state index is -0.340. The molecule has 1 heterocycles. The van der Waals surface area contributed by atoms with Crippen molar-refractivity contribution in [1.82, 2.24) is 10.3 Å². The van der Waals surface area contributed by atoms with E-state index in [-0.39, 0.29) is 24.3 Å². The molecule has 0 bridgehead atoms. The third-order valence-electron chi connectivity index (χ3n) is 5.93. The summed E-state index contributed by atoms with van der Waals surface area (Å²) in [5, 5.41) is 4.03. The molecule has 7 heteroatoms. The molecular formula is C28H29N3O4. The molecule has 7 nitrogen and oxygen atoms in total. The van der Waals surface area contributed by atoms with Crippen LogP contribution in [-0.2, 0) is 16.2 Å². The van der Waals surface area contributed by atoms with Crippen LogP contribution in [0.15, 0.2) is 77.9 Å². The fraction of sp³-hybridized carbons (Fsp3) is 0.250. The Kier molecular flexibility index (Phi) is 7.77. The van der Waals surface area contributed by atoms with Crippen LogP contribution in [0.1, 0.15) is 34.6 Å². The van der Waals surface area contributed by atoms with Gasteiger partial charge in [-0.1, -0.05) is 60.2 Å². The van der Waals surface area contributed by atoms with Gasteiger partial charge in [0.15, 0.2) is 11.5 Å². The maximum absolute atomic E-state index is 12.3. The van der Waals surface area contributed by atoms with Crippen molar-refractivity contribution in [2.24, 2.45) is 5.10 Å². The summed E-state index contributed by atoms with van der Waals surface area (Å²) < 4.78 is 11.3. The molecule has 1 N–H and O–H groups in total. The number of carbonyl (C=O) groups excluding carboxylic acids is 2. The predicted molar refractivity (Wildman–Crippen MR) is 135 cm³/mol. The fourth-order valence-electron chi connectivity index (χ4n) is 3.99. The largest absolute Gasteiger partial charge is 0.493 e. The maximum atomic E-state index is 12.3. The molecule has 1 saturated heterocycles. The summed E-state index contributed by atoms with van der Waals surface area (Å²) in [6.07, 6.45) is 1.95. The first-order valence-electron chi connectivity index (χ1n) is 11.5. The number of carbonyl (C=O) groups is 2. The lowest BCUT2D eigenvalue weighted by Gasteiger charge is -2.15. The second kappa shape index (κ2) is 11.3. The van der Waals surface area contributed by atoms with E-state index in [0.29, 0.717) is 31.1 Å². The number of nitrogens with zero attached hydrogens (tertiary/aromatic N) is 2. The van der Waals surface area contributed by atoms with Gasteiger partial charge in [0.2, 0.25) is 5.91 Å². The summed E-state index contributed by atoms with van der Waals surface area (Å²) in [6, 6.07) is 23.5. The zero-order chi connectivity index (χ0) is 24.6. The van der Waals surface area contributed by atoms with Gasteiger partial charge in [-0.3, -0.25) is 9.59 Å². The topological polar surface area (TPSA) is 80.2 Å². The van der Waals surface area contributed by atoms with Crippen LogP contribution in [0.25, 0.3) is 0 Å². The molecule has 1 atom stereocenters. The van der Waals surface area contributed by atoms with E-state index in [2.05, 4.69) is 10.5 Å². The lowest BCUT2D eigenvalue weighted by Crippen LogP contribution is -2.36. The molecule has 3 aromatic carbocycles. The number of methoxy groups -OCH3 is 1. The number of hydrazone groups is 1. The van der Waals surface area contributed by atoms with Crippen molar-refractivity contribution in [3.05, 3.63) is 95.1 Å². The molecule has 0 unspecified atom stereocenters. The Morgan fingerprint density at radius 2 is 1.86 bits per heavy atom. The van der Waals surface area contributed by atoms with Gasteiger partial charge in [-0.25, -0.2) is 5.43 Å². The van der Waals surface area contributed by atoms with Crippen molar-refractivity contribution in [3.8, 4) is 11.5 Å². The molecule has 0 spiro atoms. The van der Waals surface area contributed by atoms with Gasteiger partial charge in [0, 0.05) is 18.9 Å². The average molecular weight is 472 g/mol. The molecule has 0 aliphatic carbocycles. The van der Waals surface area contributed by atoms with Crippen LogP contribution in [0.5, 0.6) is 11.5 Å². The van der Waals surface area contributed by atoms with Crippen LogP contribution in [0.4, 0.5) is 0 Å². The first-order valence-corrected chi connectivity index (χ1v) is 11.5. The van der Waals surface area contributed by atoms with Gasteiger partial charge in [-0.2, -0.15) is 5.10 Å². The molecule has 4 rings (SSSR count). The van der Waals surface area contributed by atoms with Crippen LogP contribution < -0.4 is 14.9 Å². The number of aryl methyl sites for hydroxylation is 1. The Morgan fingerprint density at radius 1 is 1.09 bits per heavy atom. The highest BCUT2D eigenvalue weighted by Crippen LogP contribution is 2.29. The molecule has 2 amide bonds. The second-order valence-electron chi connectivity index (χ2n) is 8.56. The molecule has 0 radical (unpaired) electrons. The molecule has 1 fully saturated rings. The number of likely N-dealkylation sites (tertiary alicyclic amines) is 1. The zero-order valence-electron chi connectivity index (χ0n) is 19.9. The molecule has 3 aromatic rings. The smallest absolute Gasteiger partial charge is 0.259 e. The Bertz CT molecular complexity index is 1190. The maximum Gasteiger partial charge on any atom is 0.259 e. The highest BCUT2D eigenvalue weighted by molar-refractivity contribution is 5.88. The van der Waals surface area contributed by atoms with E-state index in [1.807, 2.05) is 73.7 Å². The van der Waals surface area contributed by atoms with E-state index in [1.54, 1.807) is 18.1 Å². The fourth-order valence-corrected chi connectivity index (χ4v) is 3.99. The van der Waals surface area contributed by atoms with Gasteiger partial charge in [0.25, 0.3) is 5.91 Å². The number of hydrogen-bond donors (Lipinski definition) is 1. The summed E-state index contributed by atoms with van der Waals surface area (Å²) in [7, 11) is 1.58. The van der Waals surface area contributed by atoms with Gasteiger partial charge in [0.1, 0.15) is 13.2 Å². The lowest BCUT2D eigenvalue weighted by molar-refractivity contribution is -0.133. The first kappa shape index (κ1) is 24.0. The van der Waals surface area contributed by atoms with Crippen molar-refractivity contribution in [3.63, 3.8) is 0 Å². The number of hydrogen-bond acceptors (Lipinski definition) is 5. The number of rotatable bonds is 9. The van der Waals surface area contributed by atoms with Crippen LogP contribution in [0, 0.1) is 6.92 Å². The van der Waals surface area contributed by atoms with E-state index in [9.17, 15) is 9.59 Å². The molecule has 0 saturated carbocycles. The Balaban J connectivity index is 1.28. The van der Waals surface area contributed by atoms with Crippen LogP contribution in [0.2, 0.25) is 0 Å². The van der Waals surface area contributed by atoms with Crippen molar-refractivity contribution in [1.29, 1.82) is 0 Å². The molecule has 0 aromatic heterocycles.